The molecule has 2 aromatic rings. The molecule has 0 amide bonds. The molecule has 2 rings (SSSR count). The number of nitrogens with two attached hydrogens (primary N) is 1. The van der Waals surface area contributed by atoms with Crippen LogP contribution in [0.4, 0.5) is 5.00 Å². The van der Waals surface area contributed by atoms with Crippen molar-refractivity contribution in [3.63, 3.8) is 0 Å². The van der Waals surface area contributed by atoms with Crippen molar-refractivity contribution >= 4 is 40.0 Å². The van der Waals surface area contributed by atoms with Crippen LogP contribution in [-0.4, -0.2) is 42.5 Å². The highest BCUT2D eigenvalue weighted by Gasteiger charge is 2.28. The van der Waals surface area contributed by atoms with Crippen molar-refractivity contribution in [1.82, 2.24) is 4.57 Å². The van der Waals surface area contributed by atoms with E-state index >= 15 is 0 Å². The van der Waals surface area contributed by atoms with Crippen LogP contribution in [0.2, 0.25) is 0 Å². The lowest BCUT2D eigenvalue weighted by atomic mass is 10.1. The number of esters is 3. The molecule has 0 aliphatic rings. The van der Waals surface area contributed by atoms with Crippen LogP contribution < -0.4 is 5.73 Å². The number of aromatic nitrogens is 1. The molecular formula is C17H18N2O7S. The summed E-state index contributed by atoms with van der Waals surface area (Å²) in [6.07, 6.45) is 1.50. The Morgan fingerprint density at radius 2 is 1.74 bits per heavy atom. The lowest BCUT2D eigenvalue weighted by Gasteiger charge is -2.08. The molecule has 10 heteroatoms. The summed E-state index contributed by atoms with van der Waals surface area (Å²) in [5.41, 5.74) is 6.37. The number of rotatable bonds is 6. The largest absolute Gasteiger partial charge is 0.465 e. The molecule has 0 saturated heterocycles. The predicted octanol–water partition coefficient (Wildman–Crippen LogP) is 1.80. The topological polar surface area (TPSA) is 127 Å². The Balaban J connectivity index is 2.33. The Morgan fingerprint density at radius 3 is 2.26 bits per heavy atom. The van der Waals surface area contributed by atoms with Crippen LogP contribution in [0.3, 0.4) is 0 Å². The molecule has 2 aromatic heterocycles. The third-order valence-corrected chi connectivity index (χ3v) is 4.80. The van der Waals surface area contributed by atoms with E-state index in [4.69, 9.17) is 10.5 Å². The Labute approximate surface area is 158 Å². The third kappa shape index (κ3) is 4.00. The number of thiophene rings is 1. The molecule has 0 radical (unpaired) electrons. The number of hydrogen-bond acceptors (Lipinski definition) is 9. The molecule has 2 heterocycles. The molecule has 0 atom stereocenters. The van der Waals surface area contributed by atoms with Gasteiger partial charge in [0, 0.05) is 24.4 Å². The van der Waals surface area contributed by atoms with Gasteiger partial charge in [0.2, 0.25) is 0 Å². The average molecular weight is 394 g/mol. The van der Waals surface area contributed by atoms with Gasteiger partial charge in [-0.25, -0.2) is 14.4 Å². The predicted molar refractivity (Wildman–Crippen MR) is 95.9 cm³/mol. The molecule has 0 bridgehead atoms. The van der Waals surface area contributed by atoms with Crippen molar-refractivity contribution in [1.29, 1.82) is 0 Å². The summed E-state index contributed by atoms with van der Waals surface area (Å²) in [7, 11) is 3.94. The van der Waals surface area contributed by atoms with Gasteiger partial charge in [0.25, 0.3) is 0 Å². The molecule has 0 spiro atoms. The number of nitrogens with zero attached hydrogens (tertiary/aromatic N) is 1. The number of aryl methyl sites for hydroxylation is 1. The van der Waals surface area contributed by atoms with E-state index < -0.39 is 24.5 Å². The molecule has 0 saturated carbocycles. The van der Waals surface area contributed by atoms with Crippen LogP contribution in [0, 0.1) is 0 Å². The molecule has 0 fully saturated rings. The summed E-state index contributed by atoms with van der Waals surface area (Å²) < 4.78 is 16.0. The highest BCUT2D eigenvalue weighted by molar-refractivity contribution is 7.18. The molecule has 0 aliphatic carbocycles. The van der Waals surface area contributed by atoms with E-state index in [1.165, 1.54) is 38.0 Å². The standard InChI is InChI=1S/C17H18N2O7S/c1-8(20)9-5-11(19(2)6-9)15(21)26-7-10-12(16(22)24-3)14(18)27-13(10)17(23)25-4/h5-6H,7,18H2,1-4H3. The van der Waals surface area contributed by atoms with Crippen molar-refractivity contribution in [2.45, 2.75) is 13.5 Å². The Morgan fingerprint density at radius 1 is 1.11 bits per heavy atom. The lowest BCUT2D eigenvalue weighted by molar-refractivity contribution is 0.0442. The summed E-state index contributed by atoms with van der Waals surface area (Å²) >= 11 is 0.837. The van der Waals surface area contributed by atoms with Crippen LogP contribution in [0.5, 0.6) is 0 Å². The van der Waals surface area contributed by atoms with Gasteiger partial charge in [-0.3, -0.25) is 4.79 Å². The van der Waals surface area contributed by atoms with Crippen LogP contribution >= 0.6 is 11.3 Å². The normalized spacial score (nSPS) is 10.4. The van der Waals surface area contributed by atoms with Gasteiger partial charge in [0.05, 0.1) is 14.2 Å². The Kier molecular flexibility index (Phi) is 6.01. The first-order valence-corrected chi connectivity index (χ1v) is 8.45. The fourth-order valence-electron chi connectivity index (χ4n) is 2.38. The minimum atomic E-state index is -0.761. The van der Waals surface area contributed by atoms with E-state index in [9.17, 15) is 19.2 Å². The van der Waals surface area contributed by atoms with Gasteiger partial charge in [-0.1, -0.05) is 0 Å². The molecule has 0 aliphatic heterocycles. The zero-order chi connectivity index (χ0) is 20.3. The van der Waals surface area contributed by atoms with Crippen molar-refractivity contribution < 1.29 is 33.4 Å². The smallest absolute Gasteiger partial charge is 0.355 e. The number of carbonyl (C=O) groups excluding carboxylic acids is 4. The van der Waals surface area contributed by atoms with Crippen LogP contribution in [0.25, 0.3) is 0 Å². The molecule has 0 aromatic carbocycles. The Hall–Kier alpha value is -3.14. The van der Waals surface area contributed by atoms with Gasteiger partial charge in [-0.05, 0) is 13.0 Å². The number of carbonyl (C=O) groups is 4. The summed E-state index contributed by atoms with van der Waals surface area (Å²) in [6.45, 7) is 0.978. The third-order valence-electron chi connectivity index (χ3n) is 3.76. The maximum Gasteiger partial charge on any atom is 0.355 e. The quantitative estimate of drug-likeness (QED) is 0.446. The number of methoxy groups -OCH3 is 2. The van der Waals surface area contributed by atoms with E-state index in [1.54, 1.807) is 7.05 Å². The van der Waals surface area contributed by atoms with Crippen LogP contribution in [0.1, 0.15) is 53.4 Å². The summed E-state index contributed by atoms with van der Waals surface area (Å²) in [4.78, 5) is 47.8. The zero-order valence-electron chi connectivity index (χ0n) is 15.2. The summed E-state index contributed by atoms with van der Waals surface area (Å²) in [5.74, 6) is -2.41. The van der Waals surface area contributed by atoms with Gasteiger partial charge >= 0.3 is 17.9 Å². The minimum Gasteiger partial charge on any atom is -0.465 e. The molecule has 2 N–H and O–H groups in total. The highest BCUT2D eigenvalue weighted by atomic mass is 32.1. The molecule has 27 heavy (non-hydrogen) atoms. The van der Waals surface area contributed by atoms with Gasteiger partial charge in [0.15, 0.2) is 5.78 Å². The lowest BCUT2D eigenvalue weighted by Crippen LogP contribution is -2.14. The summed E-state index contributed by atoms with van der Waals surface area (Å²) in [5, 5.41) is 0.0473. The first-order valence-electron chi connectivity index (χ1n) is 7.63. The monoisotopic (exact) mass is 394 g/mol. The van der Waals surface area contributed by atoms with Gasteiger partial charge in [0.1, 0.15) is 27.7 Å². The first kappa shape index (κ1) is 20.2. The maximum atomic E-state index is 12.4. The van der Waals surface area contributed by atoms with Gasteiger partial charge < -0.3 is 24.5 Å². The van der Waals surface area contributed by atoms with E-state index in [0.717, 1.165) is 11.3 Å². The van der Waals surface area contributed by atoms with Gasteiger partial charge in [-0.15, -0.1) is 11.3 Å². The van der Waals surface area contributed by atoms with E-state index in [2.05, 4.69) is 9.47 Å². The second-order valence-corrected chi connectivity index (χ2v) is 6.54. The highest BCUT2D eigenvalue weighted by Crippen LogP contribution is 2.33. The average Bonchev–Trinajstić information content (AvgIpc) is 3.18. The van der Waals surface area contributed by atoms with Crippen LogP contribution in [-0.2, 0) is 27.9 Å². The van der Waals surface area contributed by atoms with Gasteiger partial charge in [-0.2, -0.15) is 0 Å². The van der Waals surface area contributed by atoms with E-state index in [0.29, 0.717) is 5.56 Å². The number of ketones is 1. The number of hydrogen-bond donors (Lipinski definition) is 1. The van der Waals surface area contributed by atoms with E-state index in [1.807, 2.05) is 0 Å². The van der Waals surface area contributed by atoms with Crippen molar-refractivity contribution in [2.75, 3.05) is 20.0 Å². The fraction of sp³-hybridized carbons (Fsp3) is 0.294. The SMILES string of the molecule is COC(=O)c1sc(N)c(C(=O)OC)c1COC(=O)c1cc(C(C)=O)cn1C. The number of anilines is 1. The van der Waals surface area contributed by atoms with E-state index in [-0.39, 0.29) is 32.5 Å². The zero-order valence-corrected chi connectivity index (χ0v) is 16.0. The first-order chi connectivity index (χ1) is 12.7. The Bertz CT molecular complexity index is 926. The number of ether oxygens (including phenoxy) is 3. The number of Topliss-reactive ketones (excluding diaryl/α,β-unsaturated/α-hetero) is 1. The molecular weight excluding hydrogens is 376 g/mol. The fourth-order valence-corrected chi connectivity index (χ4v) is 3.36. The van der Waals surface area contributed by atoms with Crippen molar-refractivity contribution in [3.8, 4) is 0 Å². The molecule has 9 nitrogen and oxygen atoms in total. The number of nitrogen functional groups attached to an aromatic ring is 1. The van der Waals surface area contributed by atoms with Crippen molar-refractivity contribution in [3.05, 3.63) is 39.5 Å². The minimum absolute atomic E-state index is 0.0412. The second-order valence-electron chi connectivity index (χ2n) is 5.49. The van der Waals surface area contributed by atoms with Crippen LogP contribution in [0.15, 0.2) is 12.3 Å². The maximum absolute atomic E-state index is 12.4. The summed E-state index contributed by atoms with van der Waals surface area (Å²) in [6, 6.07) is 1.40. The molecule has 0 unspecified atom stereocenters. The molecule has 144 valence electrons. The second kappa shape index (κ2) is 8.04. The van der Waals surface area contributed by atoms with Crippen molar-refractivity contribution in [2.24, 2.45) is 7.05 Å².